The van der Waals surface area contributed by atoms with Gasteiger partial charge in [0.1, 0.15) is 12.7 Å². The summed E-state index contributed by atoms with van der Waals surface area (Å²) in [4.78, 5) is 16.0. The highest BCUT2D eigenvalue weighted by atomic mass is 16.5. The largest absolute Gasteiger partial charge is 0.378 e. The molecule has 1 aromatic carbocycles. The van der Waals surface area contributed by atoms with E-state index in [9.17, 15) is 4.79 Å². The molecule has 0 unspecified atom stereocenters. The first kappa shape index (κ1) is 15.7. The number of ether oxygens (including phenoxy) is 1. The number of hydrogen-bond acceptors (Lipinski definition) is 4. The van der Waals surface area contributed by atoms with Crippen LogP contribution in [0.2, 0.25) is 0 Å². The van der Waals surface area contributed by atoms with Crippen molar-refractivity contribution >= 4 is 5.91 Å². The van der Waals surface area contributed by atoms with Gasteiger partial charge in [0.05, 0.1) is 12.6 Å². The van der Waals surface area contributed by atoms with Crippen LogP contribution in [0.4, 0.5) is 0 Å². The van der Waals surface area contributed by atoms with Crippen molar-refractivity contribution in [2.45, 2.75) is 44.9 Å². The lowest BCUT2D eigenvalue weighted by Crippen LogP contribution is -2.24. The molecule has 122 valence electrons. The zero-order chi connectivity index (χ0) is 15.9. The summed E-state index contributed by atoms with van der Waals surface area (Å²) in [7, 11) is 0. The Hall–Kier alpha value is -2.21. The zero-order valence-electron chi connectivity index (χ0n) is 13.1. The molecule has 0 aliphatic carbocycles. The smallest absolute Gasteiger partial charge is 0.220 e. The molecule has 2 aromatic rings. The first-order chi connectivity index (χ1) is 11.3. The van der Waals surface area contributed by atoms with Gasteiger partial charge in [-0.3, -0.25) is 4.79 Å². The Morgan fingerprint density at radius 1 is 1.35 bits per heavy atom. The number of nitrogens with zero attached hydrogens (tertiary/aromatic N) is 3. The van der Waals surface area contributed by atoms with Gasteiger partial charge in [0.25, 0.3) is 0 Å². The van der Waals surface area contributed by atoms with Gasteiger partial charge in [-0.15, -0.1) is 0 Å². The van der Waals surface area contributed by atoms with E-state index < -0.39 is 0 Å². The van der Waals surface area contributed by atoms with Gasteiger partial charge in [-0.05, 0) is 30.4 Å². The van der Waals surface area contributed by atoms with Crippen LogP contribution in [0.25, 0.3) is 0 Å². The molecular formula is C17H22N4O2. The van der Waals surface area contributed by atoms with Gasteiger partial charge >= 0.3 is 0 Å². The number of benzene rings is 1. The minimum Gasteiger partial charge on any atom is -0.378 e. The second-order valence-electron chi connectivity index (χ2n) is 5.81. The van der Waals surface area contributed by atoms with Crippen molar-refractivity contribution in [3.05, 3.63) is 48.0 Å². The highest BCUT2D eigenvalue weighted by Crippen LogP contribution is 2.16. The first-order valence-corrected chi connectivity index (χ1v) is 8.09. The van der Waals surface area contributed by atoms with Gasteiger partial charge < -0.3 is 10.1 Å². The Morgan fingerprint density at radius 3 is 2.96 bits per heavy atom. The lowest BCUT2D eigenvalue weighted by Gasteiger charge is -2.12. The van der Waals surface area contributed by atoms with Crippen LogP contribution in [0.1, 0.15) is 36.8 Å². The van der Waals surface area contributed by atoms with Gasteiger partial charge in [-0.1, -0.05) is 24.3 Å². The first-order valence-electron chi connectivity index (χ1n) is 8.09. The number of carbonyl (C=O) groups is 1. The molecule has 0 spiro atoms. The number of nitrogens with one attached hydrogen (secondary N) is 1. The third-order valence-electron chi connectivity index (χ3n) is 4.11. The van der Waals surface area contributed by atoms with E-state index >= 15 is 0 Å². The molecule has 0 saturated carbocycles. The van der Waals surface area contributed by atoms with Crippen LogP contribution in [0.3, 0.4) is 0 Å². The predicted molar refractivity (Wildman–Crippen MR) is 85.6 cm³/mol. The van der Waals surface area contributed by atoms with Crippen LogP contribution in [-0.4, -0.2) is 33.4 Å². The number of rotatable bonds is 7. The molecule has 1 aliphatic rings. The van der Waals surface area contributed by atoms with E-state index in [0.717, 1.165) is 37.0 Å². The Balaban J connectivity index is 1.50. The fourth-order valence-corrected chi connectivity index (χ4v) is 2.82. The van der Waals surface area contributed by atoms with E-state index in [1.807, 2.05) is 18.2 Å². The SMILES string of the molecule is O=C(CC[C@H]1CCCO1)NCc1ccccc1Cn1cncn1. The third-order valence-corrected chi connectivity index (χ3v) is 4.11. The van der Waals surface area contributed by atoms with E-state index in [2.05, 4.69) is 21.5 Å². The van der Waals surface area contributed by atoms with Crippen molar-refractivity contribution < 1.29 is 9.53 Å². The van der Waals surface area contributed by atoms with E-state index in [1.54, 1.807) is 11.0 Å². The summed E-state index contributed by atoms with van der Waals surface area (Å²) in [6.07, 6.45) is 7.01. The molecule has 0 bridgehead atoms. The standard InChI is InChI=1S/C17H22N4O2/c22-17(8-7-16-6-3-9-23-16)19-10-14-4-1-2-5-15(14)11-21-13-18-12-20-21/h1-2,4-5,12-13,16H,3,6-11H2,(H,19,22)/t16-/m1/s1. The molecule has 1 fully saturated rings. The van der Waals surface area contributed by atoms with Crippen molar-refractivity contribution in [3.63, 3.8) is 0 Å². The maximum atomic E-state index is 12.0. The quantitative estimate of drug-likeness (QED) is 0.847. The number of carbonyl (C=O) groups excluding carboxylic acids is 1. The van der Waals surface area contributed by atoms with E-state index in [1.165, 1.54) is 6.33 Å². The lowest BCUT2D eigenvalue weighted by molar-refractivity contribution is -0.121. The van der Waals surface area contributed by atoms with Crippen LogP contribution in [0.5, 0.6) is 0 Å². The molecule has 0 radical (unpaired) electrons. The Kier molecular flexibility index (Phi) is 5.37. The maximum absolute atomic E-state index is 12.0. The van der Waals surface area contributed by atoms with Gasteiger partial charge in [0, 0.05) is 19.6 Å². The molecule has 1 atom stereocenters. The van der Waals surface area contributed by atoms with E-state index in [4.69, 9.17) is 4.74 Å². The van der Waals surface area contributed by atoms with Gasteiger partial charge in [-0.25, -0.2) is 9.67 Å². The molecule has 1 saturated heterocycles. The predicted octanol–water partition coefficient (Wildman–Crippen LogP) is 1.90. The fourth-order valence-electron chi connectivity index (χ4n) is 2.82. The van der Waals surface area contributed by atoms with Crippen LogP contribution >= 0.6 is 0 Å². The van der Waals surface area contributed by atoms with Gasteiger partial charge in [0.15, 0.2) is 0 Å². The van der Waals surface area contributed by atoms with Gasteiger partial charge in [-0.2, -0.15) is 5.10 Å². The second kappa shape index (κ2) is 7.87. The van der Waals surface area contributed by atoms with Crippen LogP contribution in [0, 0.1) is 0 Å². The third kappa shape index (κ3) is 4.63. The Bertz CT molecular complexity index is 621. The molecule has 1 aliphatic heterocycles. The number of amides is 1. The summed E-state index contributed by atoms with van der Waals surface area (Å²) < 4.78 is 7.32. The zero-order valence-corrected chi connectivity index (χ0v) is 13.1. The van der Waals surface area contributed by atoms with Crippen molar-refractivity contribution in [2.75, 3.05) is 6.61 Å². The molecule has 23 heavy (non-hydrogen) atoms. The summed E-state index contributed by atoms with van der Waals surface area (Å²) in [6.45, 7) is 2.03. The summed E-state index contributed by atoms with van der Waals surface area (Å²) >= 11 is 0. The molecule has 1 N–H and O–H groups in total. The highest BCUT2D eigenvalue weighted by molar-refractivity contribution is 5.75. The topological polar surface area (TPSA) is 69.0 Å². The van der Waals surface area contributed by atoms with E-state index in [0.29, 0.717) is 19.5 Å². The van der Waals surface area contributed by atoms with Crippen molar-refractivity contribution in [2.24, 2.45) is 0 Å². The van der Waals surface area contributed by atoms with Crippen molar-refractivity contribution in [3.8, 4) is 0 Å². The van der Waals surface area contributed by atoms with Crippen molar-refractivity contribution in [1.29, 1.82) is 0 Å². The second-order valence-corrected chi connectivity index (χ2v) is 5.81. The lowest BCUT2D eigenvalue weighted by atomic mass is 10.1. The molecular weight excluding hydrogens is 292 g/mol. The summed E-state index contributed by atoms with van der Waals surface area (Å²) in [5, 5.41) is 7.13. The Labute approximate surface area is 135 Å². The van der Waals surface area contributed by atoms with Gasteiger partial charge in [0.2, 0.25) is 5.91 Å². The van der Waals surface area contributed by atoms with E-state index in [-0.39, 0.29) is 12.0 Å². The maximum Gasteiger partial charge on any atom is 0.220 e. The van der Waals surface area contributed by atoms with Crippen LogP contribution in [0.15, 0.2) is 36.9 Å². The average Bonchev–Trinajstić information content (AvgIpc) is 3.25. The number of aromatic nitrogens is 3. The monoisotopic (exact) mass is 314 g/mol. The van der Waals surface area contributed by atoms with Crippen molar-refractivity contribution in [1.82, 2.24) is 20.1 Å². The molecule has 1 amide bonds. The average molecular weight is 314 g/mol. The molecule has 2 heterocycles. The minimum absolute atomic E-state index is 0.0797. The summed E-state index contributed by atoms with van der Waals surface area (Å²) in [6, 6.07) is 8.07. The van der Waals surface area contributed by atoms with Crippen LogP contribution in [-0.2, 0) is 22.6 Å². The molecule has 3 rings (SSSR count). The van der Waals surface area contributed by atoms with Crippen LogP contribution < -0.4 is 5.32 Å². The molecule has 1 aromatic heterocycles. The molecule has 6 heteroatoms. The highest BCUT2D eigenvalue weighted by Gasteiger charge is 2.16. The summed E-state index contributed by atoms with van der Waals surface area (Å²) in [5.41, 5.74) is 2.24. The number of hydrogen-bond donors (Lipinski definition) is 1. The summed E-state index contributed by atoms with van der Waals surface area (Å²) in [5.74, 6) is 0.0797. The fraction of sp³-hybridized carbons (Fsp3) is 0.471. The minimum atomic E-state index is 0.0797. The Morgan fingerprint density at radius 2 is 2.22 bits per heavy atom. The normalized spacial score (nSPS) is 17.3. The molecule has 6 nitrogen and oxygen atoms in total.